The molecule has 0 atom stereocenters. The number of ether oxygens (including phenoxy) is 1. The molecule has 1 amide bonds. The lowest BCUT2D eigenvalue weighted by Crippen LogP contribution is -2.15. The van der Waals surface area contributed by atoms with Gasteiger partial charge in [-0.15, -0.1) is 0 Å². The second-order valence-corrected chi connectivity index (χ2v) is 10.8. The van der Waals surface area contributed by atoms with Gasteiger partial charge in [-0.2, -0.15) is 0 Å². The molecule has 0 spiro atoms. The maximum absolute atomic E-state index is 13.4. The zero-order valence-electron chi connectivity index (χ0n) is 21.8. The van der Waals surface area contributed by atoms with E-state index in [4.69, 9.17) is 9.72 Å². The number of para-hydroxylation sites is 3. The molecular formula is C31H23N5O4S. The SMILES string of the molecule is COc1ccc(-c2cc(C(=O)Nc3ccc(S(=O)(=O)Nc4cnc5ccccc5n4)cc3)c3ccccc3n2)cc1. The van der Waals surface area contributed by atoms with Crippen molar-refractivity contribution in [2.75, 3.05) is 17.1 Å². The average molecular weight is 562 g/mol. The number of nitrogens with one attached hydrogen (secondary N) is 2. The van der Waals surface area contributed by atoms with Gasteiger partial charge < -0.3 is 10.1 Å². The monoisotopic (exact) mass is 561 g/mol. The van der Waals surface area contributed by atoms with Crippen molar-refractivity contribution in [2.24, 2.45) is 0 Å². The van der Waals surface area contributed by atoms with Gasteiger partial charge in [0, 0.05) is 16.6 Å². The zero-order valence-corrected chi connectivity index (χ0v) is 22.6. The number of sulfonamides is 1. The standard InChI is InChI=1S/C31H23N5O4S/c1-40-22-14-10-20(11-15-22)29-18-25(24-6-2-3-7-26(24)34-29)31(37)33-21-12-16-23(17-13-21)41(38,39)36-30-19-32-27-8-4-5-9-28(27)35-30/h2-19H,1H3,(H,33,37)(H,35,36). The Morgan fingerprint density at radius 3 is 2.20 bits per heavy atom. The summed E-state index contributed by atoms with van der Waals surface area (Å²) in [5, 5.41) is 3.57. The van der Waals surface area contributed by atoms with Crippen LogP contribution in [-0.4, -0.2) is 36.4 Å². The summed E-state index contributed by atoms with van der Waals surface area (Å²) >= 11 is 0. The van der Waals surface area contributed by atoms with E-state index in [1.54, 1.807) is 31.4 Å². The number of aromatic nitrogens is 3. The molecule has 4 aromatic carbocycles. The van der Waals surface area contributed by atoms with Crippen LogP contribution in [0.5, 0.6) is 5.75 Å². The van der Waals surface area contributed by atoms with Crippen LogP contribution in [-0.2, 0) is 10.0 Å². The Bertz CT molecular complexity index is 2010. The second-order valence-electron chi connectivity index (χ2n) is 9.13. The third kappa shape index (κ3) is 5.41. The van der Waals surface area contributed by atoms with Crippen molar-refractivity contribution in [3.8, 4) is 17.0 Å². The van der Waals surface area contributed by atoms with E-state index in [9.17, 15) is 13.2 Å². The molecule has 6 aromatic rings. The Labute approximate surface area is 235 Å². The van der Waals surface area contributed by atoms with Gasteiger partial charge >= 0.3 is 0 Å². The molecule has 0 bridgehead atoms. The Morgan fingerprint density at radius 2 is 1.46 bits per heavy atom. The highest BCUT2D eigenvalue weighted by molar-refractivity contribution is 7.92. The van der Waals surface area contributed by atoms with E-state index >= 15 is 0 Å². The van der Waals surface area contributed by atoms with Gasteiger partial charge in [0.1, 0.15) is 5.75 Å². The quantitative estimate of drug-likeness (QED) is 0.248. The molecule has 41 heavy (non-hydrogen) atoms. The fraction of sp³-hybridized carbons (Fsp3) is 0.0323. The molecular weight excluding hydrogens is 538 g/mol. The van der Waals surface area contributed by atoms with Crippen molar-refractivity contribution >= 4 is 49.4 Å². The van der Waals surface area contributed by atoms with Crippen LogP contribution in [0.25, 0.3) is 33.2 Å². The molecule has 0 fully saturated rings. The highest BCUT2D eigenvalue weighted by Gasteiger charge is 2.17. The van der Waals surface area contributed by atoms with E-state index in [1.165, 1.54) is 30.5 Å². The summed E-state index contributed by atoms with van der Waals surface area (Å²) in [5.41, 5.74) is 4.26. The van der Waals surface area contributed by atoms with E-state index in [0.717, 1.165) is 11.3 Å². The molecule has 202 valence electrons. The first-order valence-electron chi connectivity index (χ1n) is 12.6. The van der Waals surface area contributed by atoms with Crippen molar-refractivity contribution in [1.29, 1.82) is 0 Å². The lowest BCUT2D eigenvalue weighted by Gasteiger charge is -2.12. The first-order chi connectivity index (χ1) is 19.9. The summed E-state index contributed by atoms with van der Waals surface area (Å²) < 4.78 is 33.6. The van der Waals surface area contributed by atoms with E-state index in [2.05, 4.69) is 20.0 Å². The molecule has 10 heteroatoms. The number of nitrogens with zero attached hydrogens (tertiary/aromatic N) is 3. The number of hydrogen-bond donors (Lipinski definition) is 2. The normalized spacial score (nSPS) is 11.3. The van der Waals surface area contributed by atoms with Crippen molar-refractivity contribution < 1.29 is 17.9 Å². The Balaban J connectivity index is 1.24. The average Bonchev–Trinajstić information content (AvgIpc) is 3.00. The van der Waals surface area contributed by atoms with Crippen molar-refractivity contribution in [3.05, 3.63) is 115 Å². The molecule has 0 unspecified atom stereocenters. The predicted octanol–water partition coefficient (Wildman–Crippen LogP) is 5.91. The molecule has 0 saturated carbocycles. The largest absolute Gasteiger partial charge is 0.497 e. The Kier molecular flexibility index (Phi) is 6.74. The van der Waals surface area contributed by atoms with E-state index in [-0.39, 0.29) is 16.6 Å². The summed E-state index contributed by atoms with van der Waals surface area (Å²) in [6, 6.07) is 29.7. The lowest BCUT2D eigenvalue weighted by atomic mass is 10.0. The van der Waals surface area contributed by atoms with Crippen LogP contribution in [0.4, 0.5) is 11.5 Å². The molecule has 2 aromatic heterocycles. The van der Waals surface area contributed by atoms with Crippen molar-refractivity contribution in [1.82, 2.24) is 15.0 Å². The number of pyridine rings is 1. The fourth-order valence-electron chi connectivity index (χ4n) is 4.39. The van der Waals surface area contributed by atoms with Gasteiger partial charge in [-0.05, 0) is 72.8 Å². The minimum Gasteiger partial charge on any atom is -0.497 e. The van der Waals surface area contributed by atoms with E-state index in [0.29, 0.717) is 38.9 Å². The summed E-state index contributed by atoms with van der Waals surface area (Å²) in [5.74, 6) is 0.482. The highest BCUT2D eigenvalue weighted by Crippen LogP contribution is 2.27. The molecule has 0 saturated heterocycles. The minimum absolute atomic E-state index is 0.0154. The molecule has 6 rings (SSSR count). The van der Waals surface area contributed by atoms with Gasteiger partial charge in [0.15, 0.2) is 5.82 Å². The van der Waals surface area contributed by atoms with Crippen LogP contribution >= 0.6 is 0 Å². The van der Waals surface area contributed by atoms with E-state index in [1.807, 2.05) is 54.6 Å². The van der Waals surface area contributed by atoms with Gasteiger partial charge in [-0.3, -0.25) is 14.5 Å². The number of methoxy groups -OCH3 is 1. The summed E-state index contributed by atoms with van der Waals surface area (Å²) in [7, 11) is -2.33. The summed E-state index contributed by atoms with van der Waals surface area (Å²) in [6.45, 7) is 0. The molecule has 2 heterocycles. The molecule has 0 radical (unpaired) electrons. The van der Waals surface area contributed by atoms with Gasteiger partial charge in [0.05, 0.1) is 46.0 Å². The van der Waals surface area contributed by atoms with Gasteiger partial charge in [0.25, 0.3) is 15.9 Å². The molecule has 0 aliphatic rings. The third-order valence-corrected chi connectivity index (χ3v) is 7.83. The third-order valence-electron chi connectivity index (χ3n) is 6.46. The van der Waals surface area contributed by atoms with Crippen LogP contribution < -0.4 is 14.8 Å². The number of amides is 1. The molecule has 0 aliphatic carbocycles. The van der Waals surface area contributed by atoms with Crippen LogP contribution in [0.1, 0.15) is 10.4 Å². The number of rotatable bonds is 7. The van der Waals surface area contributed by atoms with Crippen LogP contribution in [0.3, 0.4) is 0 Å². The maximum atomic E-state index is 13.4. The summed E-state index contributed by atoms with van der Waals surface area (Å²) in [4.78, 5) is 26.7. The minimum atomic E-state index is -3.93. The van der Waals surface area contributed by atoms with Crippen molar-refractivity contribution in [2.45, 2.75) is 4.90 Å². The van der Waals surface area contributed by atoms with Crippen LogP contribution in [0, 0.1) is 0 Å². The number of anilines is 2. The Morgan fingerprint density at radius 1 is 0.780 bits per heavy atom. The first kappa shape index (κ1) is 25.9. The molecule has 9 nitrogen and oxygen atoms in total. The number of benzene rings is 4. The number of carbonyl (C=O) groups excluding carboxylic acids is 1. The fourth-order valence-corrected chi connectivity index (χ4v) is 5.38. The smallest absolute Gasteiger partial charge is 0.263 e. The summed E-state index contributed by atoms with van der Waals surface area (Å²) in [6.07, 6.45) is 1.37. The zero-order chi connectivity index (χ0) is 28.4. The van der Waals surface area contributed by atoms with Crippen molar-refractivity contribution in [3.63, 3.8) is 0 Å². The number of fused-ring (bicyclic) bond motifs is 2. The highest BCUT2D eigenvalue weighted by atomic mass is 32.2. The Hall–Kier alpha value is -5.35. The molecule has 2 N–H and O–H groups in total. The lowest BCUT2D eigenvalue weighted by molar-refractivity contribution is 0.102. The molecule has 0 aliphatic heterocycles. The van der Waals surface area contributed by atoms with Crippen LogP contribution in [0.15, 0.2) is 114 Å². The number of carbonyl (C=O) groups is 1. The van der Waals surface area contributed by atoms with Gasteiger partial charge in [0.2, 0.25) is 0 Å². The van der Waals surface area contributed by atoms with Crippen LogP contribution in [0.2, 0.25) is 0 Å². The predicted molar refractivity (Wildman–Crippen MR) is 158 cm³/mol. The van der Waals surface area contributed by atoms with E-state index < -0.39 is 10.0 Å². The van der Waals surface area contributed by atoms with Gasteiger partial charge in [-0.1, -0.05) is 30.3 Å². The maximum Gasteiger partial charge on any atom is 0.263 e. The topological polar surface area (TPSA) is 123 Å². The number of hydrogen-bond acceptors (Lipinski definition) is 7. The second kappa shape index (κ2) is 10.7. The first-order valence-corrected chi connectivity index (χ1v) is 14.1. The van der Waals surface area contributed by atoms with Gasteiger partial charge in [-0.25, -0.2) is 18.4 Å².